The van der Waals surface area contributed by atoms with Crippen LogP contribution in [0.15, 0.2) is 89.3 Å². The Morgan fingerprint density at radius 1 is 0.875 bits per heavy atom. The third kappa shape index (κ3) is 4.61. The Morgan fingerprint density at radius 2 is 1.62 bits per heavy atom. The minimum atomic E-state index is 0.115. The average molecular weight is 425 g/mol. The van der Waals surface area contributed by atoms with Crippen molar-refractivity contribution < 1.29 is 9.21 Å². The topological polar surface area (TPSA) is 36.7 Å². The van der Waals surface area contributed by atoms with E-state index in [9.17, 15) is 4.79 Å². The summed E-state index contributed by atoms with van der Waals surface area (Å²) in [6.45, 7) is 4.61. The maximum Gasteiger partial charge on any atom is 0.237 e. The average Bonchev–Trinajstić information content (AvgIpc) is 3.20. The van der Waals surface area contributed by atoms with E-state index in [4.69, 9.17) is 4.42 Å². The fraction of sp³-hybridized carbons (Fsp3) is 0.250. The number of furan rings is 1. The zero-order chi connectivity index (χ0) is 21.9. The van der Waals surface area contributed by atoms with Gasteiger partial charge in [0.15, 0.2) is 0 Å². The van der Waals surface area contributed by atoms with Gasteiger partial charge in [-0.25, -0.2) is 0 Å². The molecule has 0 N–H and O–H groups in total. The summed E-state index contributed by atoms with van der Waals surface area (Å²) in [5.74, 6) is 1.08. The molecule has 4 nitrogen and oxygen atoms in total. The molecule has 0 radical (unpaired) electrons. The second-order valence-corrected chi connectivity index (χ2v) is 8.77. The second kappa shape index (κ2) is 9.01. The lowest BCUT2D eigenvalue weighted by Gasteiger charge is -2.41. The van der Waals surface area contributed by atoms with E-state index in [1.54, 1.807) is 0 Å². The summed E-state index contributed by atoms with van der Waals surface area (Å²) in [5.41, 5.74) is 4.56. The molecule has 0 saturated carbocycles. The van der Waals surface area contributed by atoms with Gasteiger partial charge in [0.25, 0.3) is 0 Å². The quantitative estimate of drug-likeness (QED) is 0.427. The van der Waals surface area contributed by atoms with Crippen LogP contribution in [0.3, 0.4) is 0 Å². The van der Waals surface area contributed by atoms with Crippen molar-refractivity contribution >= 4 is 16.9 Å². The zero-order valence-corrected chi connectivity index (χ0v) is 18.4. The molecule has 5 rings (SSSR count). The molecular formula is C28H28N2O2. The number of benzene rings is 3. The molecule has 4 aromatic rings. The van der Waals surface area contributed by atoms with E-state index in [2.05, 4.69) is 77.4 Å². The van der Waals surface area contributed by atoms with Gasteiger partial charge in [0.05, 0.1) is 13.1 Å². The molecule has 0 aliphatic carbocycles. The van der Waals surface area contributed by atoms with Crippen molar-refractivity contribution in [3.05, 3.63) is 107 Å². The summed E-state index contributed by atoms with van der Waals surface area (Å²) in [6.07, 6.45) is 0.842. The van der Waals surface area contributed by atoms with E-state index < -0.39 is 0 Å². The van der Waals surface area contributed by atoms with Crippen LogP contribution in [0.4, 0.5) is 0 Å². The first kappa shape index (κ1) is 20.5. The molecule has 1 amide bonds. The maximum atomic E-state index is 13.3. The number of carbonyl (C=O) groups is 1. The van der Waals surface area contributed by atoms with Crippen molar-refractivity contribution in [3.63, 3.8) is 0 Å². The van der Waals surface area contributed by atoms with Gasteiger partial charge in [0.1, 0.15) is 11.3 Å². The first-order chi connectivity index (χ1) is 15.6. The van der Waals surface area contributed by atoms with Crippen molar-refractivity contribution in [2.75, 3.05) is 13.1 Å². The van der Waals surface area contributed by atoms with E-state index in [0.29, 0.717) is 19.6 Å². The van der Waals surface area contributed by atoms with Crippen LogP contribution in [0, 0.1) is 6.92 Å². The lowest BCUT2D eigenvalue weighted by Crippen LogP contribution is -2.56. The van der Waals surface area contributed by atoms with Crippen LogP contribution in [-0.2, 0) is 24.3 Å². The number of hydrogen-bond donors (Lipinski definition) is 0. The van der Waals surface area contributed by atoms with Gasteiger partial charge in [-0.2, -0.15) is 0 Å². The summed E-state index contributed by atoms with van der Waals surface area (Å²) >= 11 is 0. The van der Waals surface area contributed by atoms with Crippen LogP contribution in [0.5, 0.6) is 0 Å². The number of piperazine rings is 1. The molecule has 3 aromatic carbocycles. The smallest absolute Gasteiger partial charge is 0.237 e. The van der Waals surface area contributed by atoms with Gasteiger partial charge in [0.2, 0.25) is 5.91 Å². The minimum absolute atomic E-state index is 0.115. The molecule has 1 aromatic heterocycles. The predicted molar refractivity (Wildman–Crippen MR) is 127 cm³/mol. The highest BCUT2D eigenvalue weighted by atomic mass is 16.3. The fourth-order valence-electron chi connectivity index (χ4n) is 4.57. The van der Waals surface area contributed by atoms with Crippen LogP contribution in [0.25, 0.3) is 11.0 Å². The molecule has 32 heavy (non-hydrogen) atoms. The normalized spacial score (nSPS) is 17.2. The van der Waals surface area contributed by atoms with Gasteiger partial charge < -0.3 is 9.32 Å². The number of amides is 1. The molecule has 1 aliphatic heterocycles. The summed E-state index contributed by atoms with van der Waals surface area (Å²) in [5, 5.41) is 1.10. The van der Waals surface area contributed by atoms with Crippen molar-refractivity contribution in [2.24, 2.45) is 0 Å². The van der Waals surface area contributed by atoms with Crippen molar-refractivity contribution in [1.29, 1.82) is 0 Å². The maximum absolute atomic E-state index is 13.3. The largest absolute Gasteiger partial charge is 0.460 e. The van der Waals surface area contributed by atoms with Crippen LogP contribution in [-0.4, -0.2) is 34.8 Å². The van der Waals surface area contributed by atoms with E-state index in [1.807, 2.05) is 24.3 Å². The Kier molecular flexibility index (Phi) is 5.78. The number of hydrogen-bond acceptors (Lipinski definition) is 3. The Bertz CT molecular complexity index is 1160. The zero-order valence-electron chi connectivity index (χ0n) is 18.4. The van der Waals surface area contributed by atoms with Gasteiger partial charge in [0, 0.05) is 24.5 Å². The Balaban J connectivity index is 1.36. The number of rotatable bonds is 6. The molecule has 1 atom stereocenters. The van der Waals surface area contributed by atoms with Crippen molar-refractivity contribution in [1.82, 2.24) is 9.80 Å². The number of para-hydroxylation sites is 1. The first-order valence-electron chi connectivity index (χ1n) is 11.2. The van der Waals surface area contributed by atoms with E-state index in [0.717, 1.165) is 29.7 Å². The summed E-state index contributed by atoms with van der Waals surface area (Å²) in [7, 11) is 0. The van der Waals surface area contributed by atoms with Gasteiger partial charge >= 0.3 is 0 Å². The van der Waals surface area contributed by atoms with Crippen molar-refractivity contribution in [3.8, 4) is 0 Å². The third-order valence-corrected chi connectivity index (χ3v) is 6.23. The third-order valence-electron chi connectivity index (χ3n) is 6.23. The SMILES string of the molecule is Cc1ccc(CN2C(=O)CN(Cc3cc4ccccc4o3)C[C@@H]2Cc2ccccc2)cc1. The van der Waals surface area contributed by atoms with Crippen LogP contribution in [0.1, 0.15) is 22.5 Å². The monoisotopic (exact) mass is 424 g/mol. The molecular weight excluding hydrogens is 396 g/mol. The predicted octanol–water partition coefficient (Wildman–Crippen LogP) is 5.20. The molecule has 1 fully saturated rings. The highest BCUT2D eigenvalue weighted by Gasteiger charge is 2.33. The molecule has 4 heteroatoms. The highest BCUT2D eigenvalue weighted by molar-refractivity contribution is 5.80. The number of fused-ring (bicyclic) bond motifs is 1. The number of aryl methyl sites for hydroxylation is 1. The van der Waals surface area contributed by atoms with E-state index in [1.165, 1.54) is 16.7 Å². The van der Waals surface area contributed by atoms with Crippen LogP contribution in [0.2, 0.25) is 0 Å². The van der Waals surface area contributed by atoms with E-state index in [-0.39, 0.29) is 11.9 Å². The summed E-state index contributed by atoms with van der Waals surface area (Å²) in [4.78, 5) is 17.6. The lowest BCUT2D eigenvalue weighted by atomic mass is 10.0. The van der Waals surface area contributed by atoms with Crippen molar-refractivity contribution in [2.45, 2.75) is 32.5 Å². The van der Waals surface area contributed by atoms with Gasteiger partial charge in [-0.1, -0.05) is 78.4 Å². The molecule has 1 saturated heterocycles. The Morgan fingerprint density at radius 3 is 2.41 bits per heavy atom. The molecule has 162 valence electrons. The molecule has 2 heterocycles. The minimum Gasteiger partial charge on any atom is -0.460 e. The molecule has 0 unspecified atom stereocenters. The standard InChI is InChI=1S/C28H28N2O2/c1-21-11-13-23(14-12-21)17-30-25(15-22-7-3-2-4-8-22)18-29(20-28(30)31)19-26-16-24-9-5-6-10-27(24)32-26/h2-14,16,25H,15,17-20H2,1H3/t25-/m0/s1. The highest BCUT2D eigenvalue weighted by Crippen LogP contribution is 2.24. The Hall–Kier alpha value is -3.37. The lowest BCUT2D eigenvalue weighted by molar-refractivity contribution is -0.141. The second-order valence-electron chi connectivity index (χ2n) is 8.77. The van der Waals surface area contributed by atoms with E-state index >= 15 is 0 Å². The first-order valence-corrected chi connectivity index (χ1v) is 11.2. The van der Waals surface area contributed by atoms with Gasteiger partial charge in [-0.3, -0.25) is 9.69 Å². The number of carbonyl (C=O) groups excluding carboxylic acids is 1. The molecule has 0 spiro atoms. The Labute approximate surface area is 189 Å². The molecule has 1 aliphatic rings. The fourth-order valence-corrected chi connectivity index (χ4v) is 4.57. The van der Waals surface area contributed by atoms with Gasteiger partial charge in [-0.15, -0.1) is 0 Å². The number of nitrogens with zero attached hydrogens (tertiary/aromatic N) is 2. The van der Waals surface area contributed by atoms with Crippen LogP contribution < -0.4 is 0 Å². The summed E-state index contributed by atoms with van der Waals surface area (Å²) < 4.78 is 6.03. The van der Waals surface area contributed by atoms with Crippen LogP contribution >= 0.6 is 0 Å². The van der Waals surface area contributed by atoms with Gasteiger partial charge in [-0.05, 0) is 36.6 Å². The summed E-state index contributed by atoms with van der Waals surface area (Å²) in [6, 6.07) is 29.2. The molecule has 0 bridgehead atoms.